The molecule has 2 aliphatic rings. The number of hydrogen-bond acceptors (Lipinski definition) is 9. The van der Waals surface area contributed by atoms with E-state index in [4.69, 9.17) is 9.16 Å². The monoisotopic (exact) mass is 928 g/mol. The van der Waals surface area contributed by atoms with Crippen LogP contribution in [0.5, 0.6) is 5.75 Å². The Kier molecular flexibility index (Phi) is 16.0. The van der Waals surface area contributed by atoms with Crippen LogP contribution in [0, 0.1) is 11.8 Å². The zero-order valence-corrected chi connectivity index (χ0v) is 40.9. The van der Waals surface area contributed by atoms with Crippen molar-refractivity contribution in [1.82, 2.24) is 20.1 Å². The Labute approximate surface area is 395 Å². The van der Waals surface area contributed by atoms with Gasteiger partial charge in [0.2, 0.25) is 17.4 Å². The minimum atomic E-state index is -2.23. The summed E-state index contributed by atoms with van der Waals surface area (Å²) in [4.78, 5) is 58.0. The number of nitrogens with zero attached hydrogens (tertiary/aromatic N) is 2. The minimum Gasteiger partial charge on any atom is -0.506 e. The lowest BCUT2D eigenvalue weighted by atomic mass is 10.0. The fourth-order valence-corrected chi connectivity index (χ4v) is 10.5. The summed E-state index contributed by atoms with van der Waals surface area (Å²) < 4.78 is 12.8. The molecule has 356 valence electrons. The number of aromatic nitrogens is 1. The number of ether oxygens (including phenoxy) is 1. The van der Waals surface area contributed by atoms with Gasteiger partial charge in [-0.2, -0.15) is 0 Å². The number of nitrogens with one attached hydrogen (secondary N) is 4. The first-order chi connectivity index (χ1) is 32.0. The maximum atomic E-state index is 13.1. The molecule has 2 fully saturated rings. The molecule has 13 nitrogen and oxygen atoms in total. The van der Waals surface area contributed by atoms with Gasteiger partial charge in [0.1, 0.15) is 11.9 Å². The van der Waals surface area contributed by atoms with Crippen molar-refractivity contribution >= 4 is 48.5 Å². The molecule has 0 spiro atoms. The molecule has 0 bridgehead atoms. The number of anilines is 2. The number of rotatable bonds is 19. The van der Waals surface area contributed by atoms with Crippen LogP contribution in [-0.2, 0) is 25.3 Å². The number of carbonyl (C=O) groups excluding carboxylic acids is 3. The van der Waals surface area contributed by atoms with E-state index in [-0.39, 0.29) is 40.4 Å². The van der Waals surface area contributed by atoms with Gasteiger partial charge in [-0.15, -0.1) is 0 Å². The summed E-state index contributed by atoms with van der Waals surface area (Å²) in [5, 5.41) is 20.8. The lowest BCUT2D eigenvalue weighted by molar-refractivity contribution is -0.130. The van der Waals surface area contributed by atoms with Crippen molar-refractivity contribution in [2.45, 2.75) is 96.2 Å². The van der Waals surface area contributed by atoms with Crippen LogP contribution in [0.1, 0.15) is 76.5 Å². The summed E-state index contributed by atoms with van der Waals surface area (Å²) in [6.07, 6.45) is 2.98. The fraction of sp³-hybridized carbons (Fsp3) is 0.434. The highest BCUT2D eigenvalue weighted by Crippen LogP contribution is 2.42. The third kappa shape index (κ3) is 13.0. The zero-order valence-electron chi connectivity index (χ0n) is 39.9. The number of benzene rings is 4. The van der Waals surface area contributed by atoms with Crippen molar-refractivity contribution < 1.29 is 28.7 Å². The lowest BCUT2D eigenvalue weighted by Gasteiger charge is -2.39. The van der Waals surface area contributed by atoms with Gasteiger partial charge in [-0.25, -0.2) is 4.79 Å². The van der Waals surface area contributed by atoms with Gasteiger partial charge in [0.25, 0.3) is 0 Å². The molecule has 1 aliphatic carbocycles. The maximum Gasteiger partial charge on any atom is 0.411 e. The molecule has 4 aromatic carbocycles. The second-order valence-corrected chi connectivity index (χ2v) is 24.6. The number of fused-ring (bicyclic) bond motifs is 2. The number of unbranched alkanes of at least 4 members (excludes halogenated alkanes) is 1. The Morgan fingerprint density at radius 1 is 0.881 bits per heavy atom. The van der Waals surface area contributed by atoms with Crippen LogP contribution in [0.3, 0.4) is 0 Å². The molecule has 5 N–H and O–H groups in total. The Balaban J connectivity index is 0.792. The van der Waals surface area contributed by atoms with E-state index in [1.165, 1.54) is 6.07 Å². The van der Waals surface area contributed by atoms with Crippen LogP contribution in [-0.4, -0.2) is 92.0 Å². The van der Waals surface area contributed by atoms with Gasteiger partial charge in [-0.3, -0.25) is 19.7 Å². The number of H-pyrrole nitrogens is 1. The molecule has 7 rings (SSSR count). The summed E-state index contributed by atoms with van der Waals surface area (Å²) in [6, 6.07) is 32.2. The summed E-state index contributed by atoms with van der Waals surface area (Å²) in [7, 11) is -0.398. The van der Waals surface area contributed by atoms with Crippen molar-refractivity contribution in [2.75, 3.05) is 50.4 Å². The van der Waals surface area contributed by atoms with E-state index in [0.717, 1.165) is 71.4 Å². The largest absolute Gasteiger partial charge is 0.506 e. The second kappa shape index (κ2) is 21.9. The standard InChI is InChI=1S/C53H68N6O7Si/c1-53(2,3)67(5,6)66-47(43-22-24-46(60)51-44(43)23-25-49(62)57-51)33-54-32-36-15-14-18-40(29-36)55-48(61)21-12-13-27-58(4)50(63)26-28-59-34-38-30-41(31-39(38)35-59)65-52(64)56-45-20-11-10-19-42(45)37-16-8-7-9-17-37/h7-11,14-20,22-25,29,38-39,41,47,54,60H,12-13,21,26-28,30-35H2,1-6H3,(H,55,61)(H,56,64)(H,57,62)/t38-,39?,41+,47-/m0/s1. The molecule has 4 atom stereocenters. The Morgan fingerprint density at radius 3 is 2.36 bits per heavy atom. The number of aromatic hydroxyl groups is 1. The number of hydrogen-bond donors (Lipinski definition) is 5. The molecule has 14 heteroatoms. The molecule has 1 unspecified atom stereocenters. The van der Waals surface area contributed by atoms with Gasteiger partial charge in [-0.1, -0.05) is 87.5 Å². The van der Waals surface area contributed by atoms with E-state index in [0.29, 0.717) is 62.8 Å². The van der Waals surface area contributed by atoms with Crippen molar-refractivity contribution in [3.05, 3.63) is 125 Å². The first-order valence-electron chi connectivity index (χ1n) is 23.7. The number of phenolic OH excluding ortho intramolecular Hbond substituents is 1. The summed E-state index contributed by atoms with van der Waals surface area (Å²) >= 11 is 0. The van der Waals surface area contributed by atoms with Gasteiger partial charge in [0.15, 0.2) is 8.32 Å². The molecule has 2 heterocycles. The molecule has 3 amide bonds. The highest BCUT2D eigenvalue weighted by atomic mass is 28.4. The SMILES string of the molecule is CN(CCCCC(=O)Nc1cccc(CNC[C@H](O[Si](C)(C)C(C)(C)C)c2ccc(O)c3[nH]c(=O)ccc23)c1)C(=O)CCN1CC2C[C@H](OC(=O)Nc3ccccc3-c3ccccc3)C[C@H]2C1. The smallest absolute Gasteiger partial charge is 0.411 e. The highest BCUT2D eigenvalue weighted by Gasteiger charge is 2.43. The number of carbonyl (C=O) groups is 3. The second-order valence-electron chi connectivity index (χ2n) is 19.9. The third-order valence-electron chi connectivity index (χ3n) is 13.9. The molecule has 5 aromatic rings. The van der Waals surface area contributed by atoms with E-state index < -0.39 is 14.4 Å². The van der Waals surface area contributed by atoms with E-state index in [1.54, 1.807) is 17.0 Å². The van der Waals surface area contributed by atoms with Crippen LogP contribution in [0.25, 0.3) is 22.0 Å². The topological polar surface area (TPSA) is 165 Å². The van der Waals surface area contributed by atoms with Crippen LogP contribution in [0.15, 0.2) is 108 Å². The third-order valence-corrected chi connectivity index (χ3v) is 18.4. The van der Waals surface area contributed by atoms with Crippen LogP contribution in [0.4, 0.5) is 16.2 Å². The van der Waals surface area contributed by atoms with Gasteiger partial charge >= 0.3 is 6.09 Å². The van der Waals surface area contributed by atoms with E-state index in [9.17, 15) is 24.3 Å². The molecule has 1 saturated heterocycles. The van der Waals surface area contributed by atoms with Crippen molar-refractivity contribution in [3.8, 4) is 16.9 Å². The lowest BCUT2D eigenvalue weighted by Crippen LogP contribution is -2.43. The number of phenols is 1. The minimum absolute atomic E-state index is 0.0122. The number of likely N-dealkylation sites (tertiary alicyclic amines) is 1. The van der Waals surface area contributed by atoms with Crippen LogP contribution >= 0.6 is 0 Å². The molecule has 1 aromatic heterocycles. The van der Waals surface area contributed by atoms with Gasteiger partial charge in [0, 0.05) is 81.9 Å². The number of pyridine rings is 1. The van der Waals surface area contributed by atoms with E-state index >= 15 is 0 Å². The summed E-state index contributed by atoms with van der Waals surface area (Å²) in [5.41, 5.74) is 5.42. The Hall–Kier alpha value is -5.80. The van der Waals surface area contributed by atoms with Crippen LogP contribution in [0.2, 0.25) is 18.1 Å². The predicted molar refractivity (Wildman–Crippen MR) is 269 cm³/mol. The number of aromatic amines is 1. The average Bonchev–Trinajstić information content (AvgIpc) is 3.85. The molecule has 1 saturated carbocycles. The molecule has 0 radical (unpaired) electrons. The van der Waals surface area contributed by atoms with Crippen molar-refractivity contribution in [2.24, 2.45) is 11.8 Å². The molecule has 67 heavy (non-hydrogen) atoms. The average molecular weight is 929 g/mol. The summed E-state index contributed by atoms with van der Waals surface area (Å²) in [6.45, 7) is 15.1. The molecule has 1 aliphatic heterocycles. The van der Waals surface area contributed by atoms with Gasteiger partial charge in [-0.05, 0) is 103 Å². The first-order valence-corrected chi connectivity index (χ1v) is 26.6. The quantitative estimate of drug-likeness (QED) is 0.0401. The summed E-state index contributed by atoms with van der Waals surface area (Å²) in [5.74, 6) is 0.948. The first kappa shape index (κ1) is 49.1. The van der Waals surface area contributed by atoms with Crippen LogP contribution < -0.4 is 21.5 Å². The van der Waals surface area contributed by atoms with Gasteiger partial charge in [0.05, 0.1) is 17.3 Å². The Morgan fingerprint density at radius 2 is 1.61 bits per heavy atom. The van der Waals surface area contributed by atoms with E-state index in [2.05, 4.69) is 59.7 Å². The van der Waals surface area contributed by atoms with Crippen molar-refractivity contribution in [3.63, 3.8) is 0 Å². The predicted octanol–water partition coefficient (Wildman–Crippen LogP) is 9.67. The molecular formula is C53H68N6O7Si. The van der Waals surface area contributed by atoms with E-state index in [1.807, 2.05) is 92.0 Å². The fourth-order valence-electron chi connectivity index (χ4n) is 9.19. The van der Waals surface area contributed by atoms with Gasteiger partial charge < -0.3 is 39.7 Å². The van der Waals surface area contributed by atoms with Crippen molar-refractivity contribution in [1.29, 1.82) is 0 Å². The maximum absolute atomic E-state index is 13.1. The Bertz CT molecular complexity index is 2550. The number of amides is 3. The zero-order chi connectivity index (χ0) is 47.7. The highest BCUT2D eigenvalue weighted by molar-refractivity contribution is 6.74. The normalized spacial score (nSPS) is 17.8. The molecular weight excluding hydrogens is 861 g/mol. The number of para-hydroxylation sites is 1.